The van der Waals surface area contributed by atoms with Crippen molar-refractivity contribution < 1.29 is 33.3 Å². The van der Waals surface area contributed by atoms with Gasteiger partial charge in [0.15, 0.2) is 11.4 Å². The third-order valence-corrected chi connectivity index (χ3v) is 8.10. The number of para-hydroxylation sites is 2. The summed E-state index contributed by atoms with van der Waals surface area (Å²) in [4.78, 5) is 46.9. The van der Waals surface area contributed by atoms with Crippen molar-refractivity contribution in [2.75, 3.05) is 60.3 Å². The van der Waals surface area contributed by atoms with Crippen LogP contribution in [0.4, 0.5) is 0 Å². The Bertz CT molecular complexity index is 1700. The Morgan fingerprint density at radius 1 is 1.05 bits per heavy atom. The van der Waals surface area contributed by atoms with E-state index in [4.69, 9.17) is 23.7 Å². The van der Waals surface area contributed by atoms with Crippen LogP contribution in [0, 0.1) is 0 Å². The summed E-state index contributed by atoms with van der Waals surface area (Å²) in [5, 5.41) is 0. The molecule has 1 fully saturated rings. The highest BCUT2D eigenvalue weighted by molar-refractivity contribution is 7.07. The Labute approximate surface area is 252 Å². The van der Waals surface area contributed by atoms with Gasteiger partial charge in [-0.3, -0.25) is 14.2 Å². The highest BCUT2D eigenvalue weighted by Gasteiger charge is 2.35. The van der Waals surface area contributed by atoms with E-state index in [1.165, 1.54) is 30.1 Å². The molecular formula is C31H33N3O8S. The van der Waals surface area contributed by atoms with E-state index >= 15 is 0 Å². The number of morpholine rings is 1. The molecule has 0 spiro atoms. The average Bonchev–Trinajstić information content (AvgIpc) is 3.33. The molecule has 1 saturated heterocycles. The molecule has 2 aromatic carbocycles. The number of ether oxygens (including phenoxy) is 5. The summed E-state index contributed by atoms with van der Waals surface area (Å²) in [5.41, 5.74) is 1.59. The van der Waals surface area contributed by atoms with Gasteiger partial charge in [-0.2, -0.15) is 0 Å². The van der Waals surface area contributed by atoms with Crippen molar-refractivity contribution in [3.63, 3.8) is 0 Å². The fourth-order valence-electron chi connectivity index (χ4n) is 4.98. The predicted molar refractivity (Wildman–Crippen MR) is 159 cm³/mol. The van der Waals surface area contributed by atoms with E-state index < -0.39 is 12.0 Å². The van der Waals surface area contributed by atoms with Gasteiger partial charge in [-0.1, -0.05) is 47.7 Å². The van der Waals surface area contributed by atoms with Gasteiger partial charge < -0.3 is 28.6 Å². The summed E-state index contributed by atoms with van der Waals surface area (Å²) in [6, 6.07) is 13.6. The molecule has 1 amide bonds. The number of carbonyl (C=O) groups is 2. The third-order valence-electron chi connectivity index (χ3n) is 7.12. The molecule has 43 heavy (non-hydrogen) atoms. The van der Waals surface area contributed by atoms with E-state index in [0.29, 0.717) is 64.0 Å². The Kier molecular flexibility index (Phi) is 9.70. The van der Waals surface area contributed by atoms with Crippen molar-refractivity contribution >= 4 is 29.3 Å². The van der Waals surface area contributed by atoms with Gasteiger partial charge in [0.05, 0.1) is 42.7 Å². The molecule has 1 unspecified atom stereocenters. The summed E-state index contributed by atoms with van der Waals surface area (Å²) in [7, 11) is 3.06. The second-order valence-electron chi connectivity index (χ2n) is 9.77. The smallest absolute Gasteiger partial charge is 0.338 e. The van der Waals surface area contributed by atoms with Crippen molar-refractivity contribution in [2.45, 2.75) is 13.0 Å². The second-order valence-corrected chi connectivity index (χ2v) is 10.8. The molecule has 0 bridgehead atoms. The molecule has 0 N–H and O–H groups in total. The van der Waals surface area contributed by atoms with Crippen LogP contribution in [-0.2, 0) is 23.8 Å². The average molecular weight is 608 g/mol. The van der Waals surface area contributed by atoms with Crippen LogP contribution in [0.15, 0.2) is 69.6 Å². The van der Waals surface area contributed by atoms with E-state index in [9.17, 15) is 14.4 Å². The summed E-state index contributed by atoms with van der Waals surface area (Å²) < 4.78 is 29.3. The Morgan fingerprint density at radius 3 is 2.51 bits per heavy atom. The fraction of sp³-hybridized carbons (Fsp3) is 0.355. The normalized spacial score (nSPS) is 16.9. The molecule has 3 aromatic rings. The lowest BCUT2D eigenvalue weighted by molar-refractivity contribution is -0.141. The first-order valence-electron chi connectivity index (χ1n) is 13.8. The van der Waals surface area contributed by atoms with Crippen LogP contribution in [0.1, 0.15) is 24.1 Å². The second kappa shape index (κ2) is 13.8. The number of fused-ring (bicyclic) bond motifs is 1. The van der Waals surface area contributed by atoms with Crippen LogP contribution in [0.2, 0.25) is 0 Å². The number of aromatic nitrogens is 1. The zero-order valence-corrected chi connectivity index (χ0v) is 25.1. The van der Waals surface area contributed by atoms with Crippen molar-refractivity contribution in [3.8, 4) is 11.5 Å². The van der Waals surface area contributed by atoms with Gasteiger partial charge in [0, 0.05) is 31.3 Å². The number of benzene rings is 2. The summed E-state index contributed by atoms with van der Waals surface area (Å²) in [6.45, 7) is 3.95. The van der Waals surface area contributed by atoms with Crippen LogP contribution in [0.3, 0.4) is 0 Å². The molecule has 12 heteroatoms. The molecule has 11 nitrogen and oxygen atoms in total. The molecule has 1 atom stereocenters. The molecule has 1 aromatic heterocycles. The van der Waals surface area contributed by atoms with E-state index in [0.717, 1.165) is 0 Å². The number of amides is 1. The number of hydrogen-bond donors (Lipinski definition) is 0. The van der Waals surface area contributed by atoms with Crippen LogP contribution in [-0.4, -0.2) is 81.7 Å². The standard InChI is InChI=1S/C31H33N3O8S/c1-20-27(30(37)41-17-16-38-2)28(22-9-5-7-11-24(22)39-3)34-29(36)25(43-31(34)32-20)18-21-8-4-6-10-23(21)42-19-26(35)33-12-14-40-15-13-33/h4-11,18,28H,12-17,19H2,1-3H3. The minimum Gasteiger partial charge on any atom is -0.496 e. The van der Waals surface area contributed by atoms with Gasteiger partial charge in [0.25, 0.3) is 11.5 Å². The van der Waals surface area contributed by atoms with Crippen LogP contribution < -0.4 is 24.4 Å². The first-order chi connectivity index (χ1) is 20.9. The summed E-state index contributed by atoms with van der Waals surface area (Å²) >= 11 is 1.20. The minimum absolute atomic E-state index is 0.0556. The summed E-state index contributed by atoms with van der Waals surface area (Å²) in [6.07, 6.45) is 1.72. The van der Waals surface area contributed by atoms with Gasteiger partial charge in [0.2, 0.25) is 0 Å². The SMILES string of the molecule is COCCOC(=O)C1=C(C)N=c2sc(=Cc3ccccc3OCC(=O)N3CCOCC3)c(=O)n2C1c1ccccc1OC. The van der Waals surface area contributed by atoms with Crippen LogP contribution in [0.5, 0.6) is 11.5 Å². The topological polar surface area (TPSA) is 118 Å². The number of hydrogen-bond acceptors (Lipinski definition) is 10. The summed E-state index contributed by atoms with van der Waals surface area (Å²) in [5.74, 6) is 0.263. The lowest BCUT2D eigenvalue weighted by Gasteiger charge is -2.26. The molecule has 226 valence electrons. The number of carbonyl (C=O) groups excluding carboxylic acids is 2. The monoisotopic (exact) mass is 607 g/mol. The molecule has 0 saturated carbocycles. The van der Waals surface area contributed by atoms with Gasteiger partial charge in [-0.25, -0.2) is 9.79 Å². The maximum absolute atomic E-state index is 14.1. The first-order valence-corrected chi connectivity index (χ1v) is 14.6. The number of esters is 1. The van der Waals surface area contributed by atoms with Crippen LogP contribution >= 0.6 is 11.3 Å². The van der Waals surface area contributed by atoms with Gasteiger partial charge in [-0.05, 0) is 25.1 Å². The van der Waals surface area contributed by atoms with Gasteiger partial charge >= 0.3 is 5.97 Å². The van der Waals surface area contributed by atoms with Gasteiger partial charge in [-0.15, -0.1) is 0 Å². The zero-order chi connectivity index (χ0) is 30.3. The molecule has 2 aliphatic rings. The largest absolute Gasteiger partial charge is 0.496 e. The van der Waals surface area contributed by atoms with Crippen molar-refractivity contribution in [3.05, 3.63) is 90.6 Å². The molecular weight excluding hydrogens is 574 g/mol. The molecule has 0 aliphatic carbocycles. The predicted octanol–water partition coefficient (Wildman–Crippen LogP) is 1.67. The van der Waals surface area contributed by atoms with E-state index in [-0.39, 0.29) is 36.9 Å². The third kappa shape index (κ3) is 6.56. The number of thiazole rings is 1. The number of methoxy groups -OCH3 is 2. The Balaban J connectivity index is 1.54. The molecule has 5 rings (SSSR count). The maximum Gasteiger partial charge on any atom is 0.338 e. The van der Waals surface area contributed by atoms with Gasteiger partial charge in [0.1, 0.15) is 24.1 Å². The highest BCUT2D eigenvalue weighted by Crippen LogP contribution is 2.35. The van der Waals surface area contributed by atoms with E-state index in [1.807, 2.05) is 30.3 Å². The number of nitrogens with zero attached hydrogens (tertiary/aromatic N) is 3. The Hall–Kier alpha value is -4.26. The number of rotatable bonds is 10. The quantitative estimate of drug-likeness (QED) is 0.253. The van der Waals surface area contributed by atoms with Crippen molar-refractivity contribution in [1.82, 2.24) is 9.47 Å². The molecule has 3 heterocycles. The van der Waals surface area contributed by atoms with Crippen LogP contribution in [0.25, 0.3) is 6.08 Å². The lowest BCUT2D eigenvalue weighted by Crippen LogP contribution is -2.43. The highest BCUT2D eigenvalue weighted by atomic mass is 32.1. The van der Waals surface area contributed by atoms with Crippen molar-refractivity contribution in [2.24, 2.45) is 4.99 Å². The van der Waals surface area contributed by atoms with Crippen molar-refractivity contribution in [1.29, 1.82) is 0 Å². The Morgan fingerprint density at radius 2 is 1.77 bits per heavy atom. The van der Waals surface area contributed by atoms with E-state index in [2.05, 4.69) is 4.99 Å². The first kappa shape index (κ1) is 30.2. The zero-order valence-electron chi connectivity index (χ0n) is 24.2. The fourth-order valence-corrected chi connectivity index (χ4v) is 6.02. The van der Waals surface area contributed by atoms with E-state index in [1.54, 1.807) is 36.1 Å². The molecule has 0 radical (unpaired) electrons. The minimum atomic E-state index is -0.831. The molecule has 2 aliphatic heterocycles. The lowest BCUT2D eigenvalue weighted by atomic mass is 9.95. The number of allylic oxidation sites excluding steroid dienone is 1. The maximum atomic E-state index is 14.1.